The van der Waals surface area contributed by atoms with Gasteiger partial charge in [0.1, 0.15) is 4.90 Å². The molecule has 8 heteroatoms. The summed E-state index contributed by atoms with van der Waals surface area (Å²) in [6, 6.07) is 9.78. The first-order chi connectivity index (χ1) is 12.3. The van der Waals surface area contributed by atoms with E-state index in [1.165, 1.54) is 27.4 Å². The van der Waals surface area contributed by atoms with E-state index in [0.717, 1.165) is 5.69 Å². The first-order valence-corrected chi connectivity index (χ1v) is 10.1. The maximum Gasteiger partial charge on any atom is 0.253 e. The van der Waals surface area contributed by atoms with Crippen LogP contribution in [-0.4, -0.2) is 48.7 Å². The predicted molar refractivity (Wildman–Crippen MR) is 102 cm³/mol. The molecule has 2 rings (SSSR count). The zero-order valence-electron chi connectivity index (χ0n) is 15.0. The second-order valence-corrected chi connectivity index (χ2v) is 8.03. The molecule has 0 N–H and O–H groups in total. The van der Waals surface area contributed by atoms with Gasteiger partial charge >= 0.3 is 0 Å². The number of carbonyl (C=O) groups excluding carboxylic acids is 1. The van der Waals surface area contributed by atoms with Crippen molar-refractivity contribution in [3.05, 3.63) is 58.9 Å². The van der Waals surface area contributed by atoms with Gasteiger partial charge in [0.25, 0.3) is 5.91 Å². The molecule has 0 atom stereocenters. The lowest BCUT2D eigenvalue weighted by atomic mass is 10.2. The number of aromatic nitrogens is 1. The van der Waals surface area contributed by atoms with Gasteiger partial charge in [-0.15, -0.1) is 0 Å². The van der Waals surface area contributed by atoms with Gasteiger partial charge < -0.3 is 4.90 Å². The monoisotopic (exact) mass is 395 g/mol. The van der Waals surface area contributed by atoms with Crippen molar-refractivity contribution in [1.82, 2.24) is 14.2 Å². The quantitative estimate of drug-likeness (QED) is 0.722. The number of amides is 1. The summed E-state index contributed by atoms with van der Waals surface area (Å²) in [5.41, 5.74) is 1.01. The number of hydrogen-bond acceptors (Lipinski definition) is 4. The molecule has 0 aliphatic rings. The van der Waals surface area contributed by atoms with E-state index >= 15 is 0 Å². The summed E-state index contributed by atoms with van der Waals surface area (Å²) in [7, 11) is -2.11. The minimum Gasteiger partial charge on any atom is -0.336 e. The molecule has 1 aromatic carbocycles. The fourth-order valence-corrected chi connectivity index (χ4v) is 4.52. The van der Waals surface area contributed by atoms with E-state index in [-0.39, 0.29) is 21.4 Å². The molecule has 0 aliphatic carbocycles. The first kappa shape index (κ1) is 20.4. The predicted octanol–water partition coefficient (Wildman–Crippen LogP) is 3.04. The molecule has 0 fully saturated rings. The van der Waals surface area contributed by atoms with Crippen molar-refractivity contribution in [2.24, 2.45) is 0 Å². The van der Waals surface area contributed by atoms with Gasteiger partial charge in [0.05, 0.1) is 17.3 Å². The molecule has 0 radical (unpaired) electrons. The lowest BCUT2D eigenvalue weighted by molar-refractivity contribution is 0.0783. The molecule has 0 saturated carbocycles. The molecule has 0 unspecified atom stereocenters. The number of hydrogen-bond donors (Lipinski definition) is 0. The Labute approximate surface area is 159 Å². The third kappa shape index (κ3) is 4.41. The van der Waals surface area contributed by atoms with Crippen molar-refractivity contribution >= 4 is 27.5 Å². The van der Waals surface area contributed by atoms with Crippen LogP contribution in [0.5, 0.6) is 0 Å². The largest absolute Gasteiger partial charge is 0.336 e. The smallest absolute Gasteiger partial charge is 0.253 e. The molecule has 6 nitrogen and oxygen atoms in total. The third-order valence-electron chi connectivity index (χ3n) is 3.97. The Balaban J connectivity index is 2.32. The summed E-state index contributed by atoms with van der Waals surface area (Å²) in [5.74, 6) is -0.302. The molecule has 140 valence electrons. The molecule has 1 heterocycles. The lowest BCUT2D eigenvalue weighted by Gasteiger charge is -2.21. The molecule has 0 spiro atoms. The Kier molecular flexibility index (Phi) is 6.75. The van der Waals surface area contributed by atoms with Crippen LogP contribution in [0.25, 0.3) is 0 Å². The van der Waals surface area contributed by atoms with Crippen molar-refractivity contribution in [2.45, 2.75) is 25.3 Å². The highest BCUT2D eigenvalue weighted by molar-refractivity contribution is 7.89. The van der Waals surface area contributed by atoms with E-state index in [0.29, 0.717) is 19.6 Å². The second-order valence-electron chi connectivity index (χ2n) is 5.72. The fourth-order valence-electron chi connectivity index (χ4n) is 2.56. The molecule has 0 bridgehead atoms. The minimum atomic E-state index is -3.75. The number of rotatable bonds is 7. The van der Waals surface area contributed by atoms with E-state index in [1.54, 1.807) is 33.2 Å². The van der Waals surface area contributed by atoms with Crippen molar-refractivity contribution in [2.75, 3.05) is 20.1 Å². The average Bonchev–Trinajstić information content (AvgIpc) is 2.63. The maximum atomic E-state index is 12.8. The summed E-state index contributed by atoms with van der Waals surface area (Å²) in [4.78, 5) is 18.3. The Morgan fingerprint density at radius 3 is 2.42 bits per heavy atom. The van der Waals surface area contributed by atoms with Crippen LogP contribution < -0.4 is 0 Å². The third-order valence-corrected chi connectivity index (χ3v) is 6.50. The van der Waals surface area contributed by atoms with Crippen LogP contribution in [0.15, 0.2) is 47.5 Å². The molecule has 0 aliphatic heterocycles. The van der Waals surface area contributed by atoms with E-state index < -0.39 is 10.0 Å². The van der Waals surface area contributed by atoms with E-state index in [1.807, 2.05) is 12.1 Å². The van der Waals surface area contributed by atoms with Crippen molar-refractivity contribution in [3.8, 4) is 0 Å². The van der Waals surface area contributed by atoms with E-state index in [9.17, 15) is 13.2 Å². The number of nitrogens with zero attached hydrogens (tertiary/aromatic N) is 3. The minimum absolute atomic E-state index is 0.0556. The van der Waals surface area contributed by atoms with Gasteiger partial charge in [-0.25, -0.2) is 8.42 Å². The van der Waals surface area contributed by atoms with Gasteiger partial charge in [-0.3, -0.25) is 9.78 Å². The van der Waals surface area contributed by atoms with Crippen LogP contribution in [-0.2, 0) is 16.6 Å². The second kappa shape index (κ2) is 8.62. The number of benzene rings is 1. The molecule has 1 aromatic heterocycles. The van der Waals surface area contributed by atoms with Crippen molar-refractivity contribution in [3.63, 3.8) is 0 Å². The highest BCUT2D eigenvalue weighted by atomic mass is 35.5. The van der Waals surface area contributed by atoms with Crippen LogP contribution in [0.3, 0.4) is 0 Å². The van der Waals surface area contributed by atoms with Gasteiger partial charge in [0, 0.05) is 31.9 Å². The highest BCUT2D eigenvalue weighted by Gasteiger charge is 2.26. The van der Waals surface area contributed by atoms with Crippen LogP contribution in [0.2, 0.25) is 5.02 Å². The van der Waals surface area contributed by atoms with Gasteiger partial charge in [-0.05, 0) is 30.3 Å². The zero-order chi connectivity index (χ0) is 19.3. The fraction of sp³-hybridized carbons (Fsp3) is 0.333. The molecule has 1 amide bonds. The van der Waals surface area contributed by atoms with Gasteiger partial charge in [0.2, 0.25) is 10.0 Å². The van der Waals surface area contributed by atoms with Crippen LogP contribution in [0.1, 0.15) is 29.9 Å². The molecule has 26 heavy (non-hydrogen) atoms. The Hall–Kier alpha value is -1.96. The first-order valence-electron chi connectivity index (χ1n) is 8.26. The topological polar surface area (TPSA) is 70.6 Å². The van der Waals surface area contributed by atoms with Crippen LogP contribution in [0.4, 0.5) is 0 Å². The molecule has 2 aromatic rings. The summed E-state index contributed by atoms with van der Waals surface area (Å²) in [6.45, 7) is 4.48. The highest BCUT2D eigenvalue weighted by Crippen LogP contribution is 2.26. The summed E-state index contributed by atoms with van der Waals surface area (Å²) in [5, 5.41) is 0.0980. The Bertz CT molecular complexity index is 869. The number of carbonyl (C=O) groups is 1. The van der Waals surface area contributed by atoms with Crippen LogP contribution in [0, 0.1) is 0 Å². The summed E-state index contributed by atoms with van der Waals surface area (Å²) >= 11 is 6.11. The van der Waals surface area contributed by atoms with Gasteiger partial charge in [-0.2, -0.15) is 4.31 Å². The summed E-state index contributed by atoms with van der Waals surface area (Å²) in [6.07, 6.45) is 1.66. The van der Waals surface area contributed by atoms with E-state index in [2.05, 4.69) is 4.98 Å². The average molecular weight is 396 g/mol. The number of sulfonamides is 1. The van der Waals surface area contributed by atoms with Gasteiger partial charge in [-0.1, -0.05) is 31.5 Å². The SMILES string of the molecule is CCN(CC)S(=O)(=O)c1cc(C(=O)N(C)Cc2ccccn2)ccc1Cl. The van der Waals surface area contributed by atoms with E-state index in [4.69, 9.17) is 11.6 Å². The summed E-state index contributed by atoms with van der Waals surface area (Å²) < 4.78 is 26.8. The number of halogens is 1. The lowest BCUT2D eigenvalue weighted by Crippen LogP contribution is -2.31. The van der Waals surface area contributed by atoms with Crippen molar-refractivity contribution < 1.29 is 13.2 Å². The standard InChI is InChI=1S/C18H22ClN3O3S/c1-4-22(5-2)26(24,25)17-12-14(9-10-16(17)19)18(23)21(3)13-15-8-6-7-11-20-15/h6-12H,4-5,13H2,1-3H3. The van der Waals surface area contributed by atoms with Crippen LogP contribution >= 0.6 is 11.6 Å². The Morgan fingerprint density at radius 2 is 1.85 bits per heavy atom. The molecular weight excluding hydrogens is 374 g/mol. The molecule has 0 saturated heterocycles. The van der Waals surface area contributed by atoms with Gasteiger partial charge in [0.15, 0.2) is 0 Å². The molecular formula is C18H22ClN3O3S. The zero-order valence-corrected chi connectivity index (χ0v) is 16.6. The van der Waals surface area contributed by atoms with Crippen molar-refractivity contribution in [1.29, 1.82) is 0 Å². The Morgan fingerprint density at radius 1 is 1.15 bits per heavy atom. The normalized spacial score (nSPS) is 11.6. The number of pyridine rings is 1. The maximum absolute atomic E-state index is 12.8.